The summed E-state index contributed by atoms with van der Waals surface area (Å²) in [7, 11) is -3.08. The Morgan fingerprint density at radius 2 is 2.22 bits per heavy atom. The predicted molar refractivity (Wildman–Crippen MR) is 94.1 cm³/mol. The highest BCUT2D eigenvalue weighted by molar-refractivity contribution is 7.93. The lowest BCUT2D eigenvalue weighted by Crippen LogP contribution is -2.15. The topological polar surface area (TPSA) is 106 Å². The van der Waals surface area contributed by atoms with Crippen molar-refractivity contribution in [1.82, 2.24) is 15.0 Å². The van der Waals surface area contributed by atoms with Crippen LogP contribution in [0.5, 0.6) is 11.6 Å². The van der Waals surface area contributed by atoms with Crippen molar-refractivity contribution in [2.75, 3.05) is 25.1 Å². The van der Waals surface area contributed by atoms with E-state index in [1.54, 1.807) is 0 Å². The molecule has 3 rings (SSSR count). The van der Waals surface area contributed by atoms with Crippen LogP contribution in [-0.4, -0.2) is 43.7 Å². The average Bonchev–Trinajstić information content (AvgIpc) is 3.11. The zero-order valence-corrected chi connectivity index (χ0v) is 15.2. The van der Waals surface area contributed by atoms with E-state index in [9.17, 15) is 17.2 Å². The van der Waals surface area contributed by atoms with E-state index in [1.807, 2.05) is 0 Å². The Kier molecular flexibility index (Phi) is 4.60. The summed E-state index contributed by atoms with van der Waals surface area (Å²) in [6, 6.07) is 2.56. The summed E-state index contributed by atoms with van der Waals surface area (Å²) in [5, 5.41) is -0.115. The van der Waals surface area contributed by atoms with Crippen molar-refractivity contribution in [3.63, 3.8) is 0 Å². The molecule has 3 aromatic rings. The molecule has 0 aliphatic rings. The van der Waals surface area contributed by atoms with E-state index in [4.69, 9.17) is 23.8 Å². The van der Waals surface area contributed by atoms with Crippen LogP contribution in [0.2, 0.25) is 5.02 Å². The van der Waals surface area contributed by atoms with Crippen LogP contribution < -0.4 is 14.2 Å². The van der Waals surface area contributed by atoms with Crippen molar-refractivity contribution < 1.29 is 29.4 Å². The van der Waals surface area contributed by atoms with Gasteiger partial charge in [0.2, 0.25) is 5.95 Å². The van der Waals surface area contributed by atoms with Crippen LogP contribution >= 0.6 is 11.6 Å². The van der Waals surface area contributed by atoms with E-state index >= 15 is 0 Å². The van der Waals surface area contributed by atoms with Crippen LogP contribution in [0.1, 0.15) is 2.74 Å². The number of nitrogens with one attached hydrogen (secondary N) is 2. The van der Waals surface area contributed by atoms with Crippen molar-refractivity contribution in [3.05, 3.63) is 35.4 Å². The zero-order chi connectivity index (χ0) is 21.4. The van der Waals surface area contributed by atoms with E-state index in [2.05, 4.69) is 19.7 Å². The number of hydrogen-bond donors (Lipinski definition) is 2. The third kappa shape index (κ3) is 3.74. The van der Waals surface area contributed by atoms with Gasteiger partial charge in [-0.1, -0.05) is 11.6 Å². The molecule has 27 heavy (non-hydrogen) atoms. The Morgan fingerprint density at radius 1 is 1.44 bits per heavy atom. The zero-order valence-electron chi connectivity index (χ0n) is 15.6. The summed E-state index contributed by atoms with van der Waals surface area (Å²) < 4.78 is 78.4. The molecule has 12 heteroatoms. The van der Waals surface area contributed by atoms with Crippen LogP contribution in [-0.2, 0) is 10.0 Å². The highest BCUT2D eigenvalue weighted by Crippen LogP contribution is 2.30. The quantitative estimate of drug-likeness (QED) is 0.608. The number of aromatic amines is 1. The first-order chi connectivity index (χ1) is 13.6. The van der Waals surface area contributed by atoms with Gasteiger partial charge in [-0.25, -0.2) is 26.9 Å². The number of nitrogens with zero attached hydrogens (tertiary/aromatic N) is 2. The van der Waals surface area contributed by atoms with Crippen molar-refractivity contribution in [3.8, 4) is 11.6 Å². The van der Waals surface area contributed by atoms with Crippen molar-refractivity contribution in [2.24, 2.45) is 0 Å². The van der Waals surface area contributed by atoms with Crippen molar-refractivity contribution in [2.45, 2.75) is 4.90 Å². The minimum absolute atomic E-state index is 0.0578. The number of alkyl halides is 1. The molecule has 0 saturated carbocycles. The molecule has 2 aromatic heterocycles. The molecule has 0 radical (unpaired) electrons. The molecule has 0 unspecified atom stereocenters. The maximum Gasteiger partial charge on any atom is 0.266 e. The SMILES string of the molecule is [2H]C([2H])(CF)Oc1cnc(NS(=O)(=O)c2c[nH]c3c(F)c(Cl)ccc23)nc1OC. The van der Waals surface area contributed by atoms with Crippen LogP contribution in [0.3, 0.4) is 0 Å². The Labute approximate surface area is 160 Å². The summed E-state index contributed by atoms with van der Waals surface area (Å²) in [4.78, 5) is 9.72. The highest BCUT2D eigenvalue weighted by Gasteiger charge is 2.23. The molecule has 144 valence electrons. The van der Waals surface area contributed by atoms with Crippen LogP contribution in [0.15, 0.2) is 29.4 Å². The fraction of sp³-hybridized carbons (Fsp3) is 0.200. The van der Waals surface area contributed by atoms with E-state index in [1.165, 1.54) is 19.2 Å². The number of fused-ring (bicyclic) bond motifs is 1. The van der Waals surface area contributed by atoms with E-state index in [-0.39, 0.29) is 32.5 Å². The number of sulfonamides is 1. The molecular weight excluding hydrogens is 406 g/mol. The summed E-state index contributed by atoms with van der Waals surface area (Å²) in [5.41, 5.74) is -0.0893. The summed E-state index contributed by atoms with van der Waals surface area (Å²) in [6.07, 6.45) is 2.00. The Hall–Kier alpha value is -2.66. The lowest BCUT2D eigenvalue weighted by molar-refractivity contribution is 0.256. The molecule has 8 nitrogen and oxygen atoms in total. The first kappa shape index (κ1) is 16.5. The number of hydrogen-bond acceptors (Lipinski definition) is 6. The highest BCUT2D eigenvalue weighted by atomic mass is 35.5. The van der Waals surface area contributed by atoms with Crippen molar-refractivity contribution in [1.29, 1.82) is 0 Å². The van der Waals surface area contributed by atoms with Gasteiger partial charge in [0.05, 0.1) is 26.6 Å². The molecular formula is C15H13ClF2N4O4S. The number of H-pyrrole nitrogens is 1. The second-order valence-electron chi connectivity index (χ2n) is 4.99. The van der Waals surface area contributed by atoms with E-state index in [0.29, 0.717) is 0 Å². The molecule has 0 amide bonds. The number of ether oxygens (including phenoxy) is 2. The number of aromatic nitrogens is 3. The monoisotopic (exact) mass is 420 g/mol. The first-order valence-corrected chi connectivity index (χ1v) is 9.08. The average molecular weight is 421 g/mol. The molecule has 0 aliphatic carbocycles. The summed E-state index contributed by atoms with van der Waals surface area (Å²) in [5.74, 6) is -1.89. The van der Waals surface area contributed by atoms with Gasteiger partial charge in [-0.2, -0.15) is 4.98 Å². The van der Waals surface area contributed by atoms with Gasteiger partial charge in [-0.15, -0.1) is 0 Å². The molecule has 0 atom stereocenters. The largest absolute Gasteiger partial charge is 0.484 e. The van der Waals surface area contributed by atoms with E-state index in [0.717, 1.165) is 12.4 Å². The Balaban J connectivity index is 1.94. The number of benzene rings is 1. The summed E-state index contributed by atoms with van der Waals surface area (Å²) in [6.45, 7) is -4.08. The molecule has 2 N–H and O–H groups in total. The predicted octanol–water partition coefficient (Wildman–Crippen LogP) is 2.91. The number of methoxy groups -OCH3 is 1. The lowest BCUT2D eigenvalue weighted by atomic mass is 10.2. The number of rotatable bonds is 7. The van der Waals surface area contributed by atoms with Gasteiger partial charge in [0.1, 0.15) is 18.1 Å². The molecule has 0 fully saturated rings. The van der Waals surface area contributed by atoms with Crippen LogP contribution in [0.25, 0.3) is 10.9 Å². The van der Waals surface area contributed by atoms with Gasteiger partial charge in [-0.05, 0) is 12.1 Å². The maximum absolute atomic E-state index is 14.0. The third-order valence-electron chi connectivity index (χ3n) is 3.38. The molecule has 1 aromatic carbocycles. The smallest absolute Gasteiger partial charge is 0.266 e. The van der Waals surface area contributed by atoms with Gasteiger partial charge in [0.25, 0.3) is 15.9 Å². The Morgan fingerprint density at radius 3 is 2.93 bits per heavy atom. The van der Waals surface area contributed by atoms with E-state index < -0.39 is 35.0 Å². The van der Waals surface area contributed by atoms with Crippen LogP contribution in [0.4, 0.5) is 14.7 Å². The van der Waals surface area contributed by atoms with Crippen LogP contribution in [0, 0.1) is 5.82 Å². The number of anilines is 1. The minimum Gasteiger partial charge on any atom is -0.484 e. The number of halogens is 3. The second kappa shape index (κ2) is 7.53. The van der Waals surface area contributed by atoms with Gasteiger partial charge in [0.15, 0.2) is 11.6 Å². The minimum atomic E-state index is -4.25. The third-order valence-corrected chi connectivity index (χ3v) is 5.04. The molecule has 0 aliphatic heterocycles. The second-order valence-corrected chi connectivity index (χ2v) is 7.05. The summed E-state index contributed by atoms with van der Waals surface area (Å²) >= 11 is 5.69. The fourth-order valence-corrected chi connectivity index (χ4v) is 3.52. The normalized spacial score (nSPS) is 13.2. The van der Waals surface area contributed by atoms with Gasteiger partial charge >= 0.3 is 0 Å². The van der Waals surface area contributed by atoms with Gasteiger partial charge < -0.3 is 14.5 Å². The molecule has 0 spiro atoms. The standard InChI is InChI=1S/C15H13ClF2N4O4S/c1-25-14-10(26-5-4-17)6-20-15(21-14)22-27(23,24)11-7-19-13-8(11)2-3-9(16)12(13)18/h2-3,6-7,19H,4-5H2,1H3,(H,20,21,22)/i5D2. The Bertz CT molecular complexity index is 1180. The van der Waals surface area contributed by atoms with Crippen molar-refractivity contribution >= 4 is 38.5 Å². The van der Waals surface area contributed by atoms with Gasteiger partial charge in [0, 0.05) is 11.6 Å². The van der Waals surface area contributed by atoms with Gasteiger partial charge in [-0.3, -0.25) is 0 Å². The first-order valence-electron chi connectivity index (χ1n) is 8.22. The molecule has 2 heterocycles. The maximum atomic E-state index is 14.0. The molecule has 0 bridgehead atoms. The lowest BCUT2D eigenvalue weighted by Gasteiger charge is -2.10. The molecule has 0 saturated heterocycles. The fourth-order valence-electron chi connectivity index (χ4n) is 2.24.